The first kappa shape index (κ1) is 31.5. The Morgan fingerprint density at radius 1 is 1.04 bits per heavy atom. The van der Waals surface area contributed by atoms with Crippen LogP contribution in [0.15, 0.2) is 121 Å². The number of nitrogens with zero attached hydrogens (tertiary/aromatic N) is 2. The molecule has 46 heavy (non-hydrogen) atoms. The van der Waals surface area contributed by atoms with Crippen molar-refractivity contribution in [2.75, 3.05) is 12.4 Å². The molecule has 0 fully saturated rings. The molecule has 1 aliphatic rings. The lowest BCUT2D eigenvalue weighted by atomic mass is 9.94. The molecule has 0 bridgehead atoms. The van der Waals surface area contributed by atoms with Crippen LogP contribution in [0.4, 0.5) is 5.69 Å². The van der Waals surface area contributed by atoms with Gasteiger partial charge in [0, 0.05) is 15.7 Å². The van der Waals surface area contributed by atoms with Gasteiger partial charge in [-0.1, -0.05) is 81.9 Å². The number of hydrogen-bond donors (Lipinski definition) is 2. The van der Waals surface area contributed by atoms with Crippen LogP contribution in [0.5, 0.6) is 17.2 Å². The summed E-state index contributed by atoms with van der Waals surface area (Å²) in [5, 5.41) is 13.3. The first-order valence-electron chi connectivity index (χ1n) is 14.1. The molecule has 0 unspecified atom stereocenters. The van der Waals surface area contributed by atoms with Crippen LogP contribution in [0.25, 0.3) is 6.08 Å². The average Bonchev–Trinajstić information content (AvgIpc) is 3.34. The van der Waals surface area contributed by atoms with E-state index in [4.69, 9.17) is 14.5 Å². The van der Waals surface area contributed by atoms with E-state index in [-0.39, 0.29) is 17.1 Å². The highest BCUT2D eigenvalue weighted by molar-refractivity contribution is 9.11. The Kier molecular flexibility index (Phi) is 9.25. The molecule has 0 aliphatic carbocycles. The largest absolute Gasteiger partial charge is 0.504 e. The van der Waals surface area contributed by atoms with Crippen molar-refractivity contribution in [3.8, 4) is 17.2 Å². The van der Waals surface area contributed by atoms with E-state index in [1.165, 1.54) is 29.1 Å². The molecule has 0 spiro atoms. The number of nitrogens with one attached hydrogen (secondary N) is 1. The third-order valence-corrected chi connectivity index (χ3v) is 9.40. The van der Waals surface area contributed by atoms with Crippen LogP contribution in [-0.4, -0.2) is 22.7 Å². The Morgan fingerprint density at radius 2 is 1.76 bits per heavy atom. The van der Waals surface area contributed by atoms with Gasteiger partial charge in [-0.05, 0) is 76.5 Å². The third-order valence-electron chi connectivity index (χ3n) is 7.37. The van der Waals surface area contributed by atoms with Crippen molar-refractivity contribution >= 4 is 60.9 Å². The van der Waals surface area contributed by atoms with Gasteiger partial charge in [0.1, 0.15) is 12.4 Å². The van der Waals surface area contributed by atoms with Crippen molar-refractivity contribution < 1.29 is 19.4 Å². The Balaban J connectivity index is 1.49. The van der Waals surface area contributed by atoms with Gasteiger partial charge in [-0.15, -0.1) is 0 Å². The van der Waals surface area contributed by atoms with Crippen LogP contribution in [0, 0.1) is 0 Å². The molecule has 1 atom stereocenters. The predicted molar refractivity (Wildman–Crippen MR) is 186 cm³/mol. The number of halogens is 2. The topological polar surface area (TPSA) is 102 Å². The van der Waals surface area contributed by atoms with E-state index in [0.717, 1.165) is 14.5 Å². The van der Waals surface area contributed by atoms with Crippen molar-refractivity contribution in [2.45, 2.75) is 19.6 Å². The maximum atomic E-state index is 14.3. The first-order valence-corrected chi connectivity index (χ1v) is 16.6. The number of thiazole rings is 1. The molecule has 2 N–H and O–H groups in total. The highest BCUT2D eigenvalue weighted by Gasteiger charge is 2.33. The van der Waals surface area contributed by atoms with Gasteiger partial charge in [0.2, 0.25) is 0 Å². The molecule has 6 rings (SSSR count). The summed E-state index contributed by atoms with van der Waals surface area (Å²) in [6.07, 6.45) is 1.77. The van der Waals surface area contributed by atoms with Crippen LogP contribution in [-0.2, 0) is 11.4 Å². The predicted octanol–water partition coefficient (Wildman–Crippen LogP) is 6.69. The first-order chi connectivity index (χ1) is 22.2. The third kappa shape index (κ3) is 6.44. The van der Waals surface area contributed by atoms with Crippen LogP contribution in [0.3, 0.4) is 0 Å². The smallest absolute Gasteiger partial charge is 0.271 e. The number of anilines is 1. The van der Waals surface area contributed by atoms with E-state index >= 15 is 0 Å². The zero-order chi connectivity index (χ0) is 32.4. The lowest BCUT2D eigenvalue weighted by Gasteiger charge is -2.25. The summed E-state index contributed by atoms with van der Waals surface area (Å²) < 4.78 is 15.1. The number of ether oxygens (including phenoxy) is 2. The lowest BCUT2D eigenvalue weighted by molar-refractivity contribution is -0.113. The number of phenolic OH excluding ortho intramolecular Hbond substituents is 1. The second-order valence-corrected chi connectivity index (χ2v) is 13.2. The molecule has 1 aliphatic heterocycles. The number of rotatable bonds is 8. The molecule has 1 amide bonds. The molecule has 2 heterocycles. The van der Waals surface area contributed by atoms with Gasteiger partial charge in [-0.25, -0.2) is 4.99 Å². The number of fused-ring (bicyclic) bond motifs is 1. The van der Waals surface area contributed by atoms with Crippen LogP contribution in [0.1, 0.15) is 29.7 Å². The lowest BCUT2D eigenvalue weighted by Crippen LogP contribution is -2.40. The number of aromatic nitrogens is 1. The number of benzene rings is 4. The Bertz CT molecular complexity index is 2160. The maximum absolute atomic E-state index is 14.3. The number of amides is 1. The van der Waals surface area contributed by atoms with E-state index in [0.29, 0.717) is 49.8 Å². The normalized spacial score (nSPS) is 14.4. The highest BCUT2D eigenvalue weighted by Crippen LogP contribution is 2.36. The minimum atomic E-state index is -0.848. The average molecular weight is 761 g/mol. The number of phenols is 1. The van der Waals surface area contributed by atoms with Crippen LogP contribution in [0.2, 0.25) is 0 Å². The van der Waals surface area contributed by atoms with Gasteiger partial charge in [-0.3, -0.25) is 14.2 Å². The van der Waals surface area contributed by atoms with Gasteiger partial charge < -0.3 is 19.9 Å². The Morgan fingerprint density at radius 3 is 2.48 bits per heavy atom. The molecule has 0 radical (unpaired) electrons. The number of methoxy groups -OCH3 is 1. The second kappa shape index (κ2) is 13.5. The molecule has 0 saturated carbocycles. The Hall–Kier alpha value is -4.45. The monoisotopic (exact) mass is 759 g/mol. The molecule has 1 aromatic heterocycles. The van der Waals surface area contributed by atoms with Gasteiger partial charge in [0.15, 0.2) is 16.3 Å². The number of para-hydroxylation sites is 1. The molecule has 11 heteroatoms. The summed E-state index contributed by atoms with van der Waals surface area (Å²) in [6.45, 7) is 2.09. The molecule has 0 saturated heterocycles. The minimum Gasteiger partial charge on any atom is -0.504 e. The van der Waals surface area contributed by atoms with Gasteiger partial charge in [-0.2, -0.15) is 0 Å². The van der Waals surface area contributed by atoms with E-state index in [9.17, 15) is 14.7 Å². The van der Waals surface area contributed by atoms with Crippen LogP contribution < -0.4 is 29.7 Å². The summed E-state index contributed by atoms with van der Waals surface area (Å²) in [4.78, 5) is 33.3. The molecular weight excluding hydrogens is 734 g/mol. The van der Waals surface area contributed by atoms with Crippen molar-refractivity contribution in [2.24, 2.45) is 4.99 Å². The SMILES string of the molecule is COc1cc([C@H]2C(C(=O)Nc3ccccc3)=C(C)N=c3s/c(=C\c4cc(Br)cc(Br)c4OCc4ccccc4)c(=O)n32)ccc1O. The number of carbonyl (C=O) groups is 1. The summed E-state index contributed by atoms with van der Waals surface area (Å²) >= 11 is 8.41. The maximum Gasteiger partial charge on any atom is 0.271 e. The standard InChI is InChI=1S/C35H27Br2N3O5S/c1-20-30(33(42)39-25-11-7-4-8-12-25)31(22-13-14-27(41)28(16-22)44-2)40-34(43)29(46-35(40)38-20)17-23-15-24(36)18-26(37)32(23)45-19-21-9-5-3-6-10-21/h3-18,31,41H,19H2,1-2H3,(H,39,42)/b29-17-/t31-/m0/s1. The second-order valence-electron chi connectivity index (χ2n) is 10.4. The Labute approximate surface area is 285 Å². The minimum absolute atomic E-state index is 0.0575. The van der Waals surface area contributed by atoms with Crippen molar-refractivity contribution in [1.82, 2.24) is 4.57 Å². The number of carbonyl (C=O) groups excluding carboxylic acids is 1. The quantitative estimate of drug-likeness (QED) is 0.184. The number of allylic oxidation sites excluding steroid dienone is 1. The van der Waals surface area contributed by atoms with E-state index in [1.54, 1.807) is 37.3 Å². The fourth-order valence-electron chi connectivity index (χ4n) is 5.22. The molecule has 232 valence electrons. The van der Waals surface area contributed by atoms with E-state index in [2.05, 4.69) is 37.2 Å². The van der Waals surface area contributed by atoms with Gasteiger partial charge >= 0.3 is 0 Å². The molecular formula is C35H27Br2N3O5S. The molecule has 8 nitrogen and oxygen atoms in total. The van der Waals surface area contributed by atoms with E-state index in [1.807, 2.05) is 60.7 Å². The van der Waals surface area contributed by atoms with Crippen LogP contribution >= 0.6 is 43.2 Å². The van der Waals surface area contributed by atoms with Crippen molar-refractivity contribution in [1.29, 1.82) is 0 Å². The highest BCUT2D eigenvalue weighted by atomic mass is 79.9. The fourth-order valence-corrected chi connectivity index (χ4v) is 7.63. The summed E-state index contributed by atoms with van der Waals surface area (Å²) in [6, 6.07) is 26.6. The van der Waals surface area contributed by atoms with Crippen molar-refractivity contribution in [3.05, 3.63) is 148 Å². The van der Waals surface area contributed by atoms with Gasteiger partial charge in [0.25, 0.3) is 11.5 Å². The summed E-state index contributed by atoms with van der Waals surface area (Å²) in [7, 11) is 1.45. The van der Waals surface area contributed by atoms with Crippen molar-refractivity contribution in [3.63, 3.8) is 0 Å². The summed E-state index contributed by atoms with van der Waals surface area (Å²) in [5.41, 5.74) is 3.31. The zero-order valence-corrected chi connectivity index (χ0v) is 28.6. The fraction of sp³-hybridized carbons (Fsp3) is 0.114. The number of hydrogen-bond acceptors (Lipinski definition) is 7. The van der Waals surface area contributed by atoms with Gasteiger partial charge in [0.05, 0.1) is 33.4 Å². The van der Waals surface area contributed by atoms with E-state index < -0.39 is 11.9 Å². The number of aromatic hydroxyl groups is 1. The molecule has 4 aromatic carbocycles. The summed E-state index contributed by atoms with van der Waals surface area (Å²) in [5.74, 6) is 0.345. The zero-order valence-electron chi connectivity index (χ0n) is 24.7. The molecule has 5 aromatic rings.